The third-order valence-electron chi connectivity index (χ3n) is 5.59. The van der Waals surface area contributed by atoms with E-state index >= 15 is 0 Å². The highest BCUT2D eigenvalue weighted by atomic mass is 32.1. The van der Waals surface area contributed by atoms with Crippen LogP contribution in [0.5, 0.6) is 0 Å². The number of aryl methyl sites for hydroxylation is 1. The van der Waals surface area contributed by atoms with E-state index in [1.807, 2.05) is 80.6 Å². The molecule has 2 amide bonds. The molecule has 1 heterocycles. The zero-order valence-corrected chi connectivity index (χ0v) is 19.6. The molecule has 0 spiro atoms. The Morgan fingerprint density at radius 2 is 1.70 bits per heavy atom. The molecule has 4 rings (SSSR count). The van der Waals surface area contributed by atoms with Crippen LogP contribution in [0.3, 0.4) is 0 Å². The first kappa shape index (κ1) is 22.4. The standard InChI is InChI=1S/C27H25N3O2S/c1-18-12-14-21(15-13-18)26-29-24(17-33-26)27(32)30(3)19(2)22-10-7-11-23(16-22)28-25(31)20-8-5-4-6-9-20/h4-17,19H,1-3H3,(H,28,31). The Labute approximate surface area is 197 Å². The minimum atomic E-state index is -0.199. The maximum absolute atomic E-state index is 13.1. The summed E-state index contributed by atoms with van der Waals surface area (Å²) in [5, 5.41) is 5.55. The van der Waals surface area contributed by atoms with Crippen molar-refractivity contribution in [1.29, 1.82) is 0 Å². The summed E-state index contributed by atoms with van der Waals surface area (Å²) in [7, 11) is 1.77. The summed E-state index contributed by atoms with van der Waals surface area (Å²) in [4.78, 5) is 31.8. The lowest BCUT2D eigenvalue weighted by Gasteiger charge is -2.25. The molecular formula is C27H25N3O2S. The molecule has 166 valence electrons. The molecule has 0 saturated carbocycles. The zero-order valence-electron chi connectivity index (χ0n) is 18.8. The maximum atomic E-state index is 13.1. The van der Waals surface area contributed by atoms with Gasteiger partial charge in [0.1, 0.15) is 10.7 Å². The Morgan fingerprint density at radius 1 is 0.970 bits per heavy atom. The van der Waals surface area contributed by atoms with E-state index < -0.39 is 0 Å². The molecule has 0 radical (unpaired) electrons. The van der Waals surface area contributed by atoms with Gasteiger partial charge in [0.25, 0.3) is 11.8 Å². The normalized spacial score (nSPS) is 11.6. The number of nitrogens with zero attached hydrogens (tertiary/aromatic N) is 2. The van der Waals surface area contributed by atoms with E-state index in [1.165, 1.54) is 16.9 Å². The van der Waals surface area contributed by atoms with Crippen LogP contribution in [0, 0.1) is 6.92 Å². The highest BCUT2D eigenvalue weighted by Crippen LogP contribution is 2.27. The molecule has 0 aliphatic carbocycles. The van der Waals surface area contributed by atoms with E-state index in [2.05, 4.69) is 10.3 Å². The predicted molar refractivity (Wildman–Crippen MR) is 134 cm³/mol. The molecule has 1 unspecified atom stereocenters. The van der Waals surface area contributed by atoms with E-state index in [-0.39, 0.29) is 17.9 Å². The van der Waals surface area contributed by atoms with E-state index in [4.69, 9.17) is 0 Å². The van der Waals surface area contributed by atoms with Gasteiger partial charge in [-0.2, -0.15) is 0 Å². The van der Waals surface area contributed by atoms with Crippen LogP contribution in [0.15, 0.2) is 84.2 Å². The topological polar surface area (TPSA) is 62.3 Å². The van der Waals surface area contributed by atoms with Crippen molar-refractivity contribution in [2.45, 2.75) is 19.9 Å². The fraction of sp³-hybridized carbons (Fsp3) is 0.148. The number of anilines is 1. The first-order valence-electron chi connectivity index (χ1n) is 10.7. The number of hydrogen-bond donors (Lipinski definition) is 1. The molecule has 6 heteroatoms. The minimum Gasteiger partial charge on any atom is -0.334 e. The third-order valence-corrected chi connectivity index (χ3v) is 6.48. The van der Waals surface area contributed by atoms with Crippen molar-refractivity contribution in [2.24, 2.45) is 0 Å². The number of aromatic nitrogens is 1. The quantitative estimate of drug-likeness (QED) is 0.376. The monoisotopic (exact) mass is 455 g/mol. The first-order chi connectivity index (χ1) is 15.9. The van der Waals surface area contributed by atoms with Crippen molar-refractivity contribution in [2.75, 3.05) is 12.4 Å². The SMILES string of the molecule is Cc1ccc(-c2nc(C(=O)N(C)C(C)c3cccc(NC(=O)c4ccccc4)c3)cs2)cc1. The van der Waals surface area contributed by atoms with Gasteiger partial charge in [-0.15, -0.1) is 11.3 Å². The van der Waals surface area contributed by atoms with Crippen LogP contribution < -0.4 is 5.32 Å². The van der Waals surface area contributed by atoms with Crippen molar-refractivity contribution >= 4 is 28.8 Å². The van der Waals surface area contributed by atoms with Crippen molar-refractivity contribution in [3.63, 3.8) is 0 Å². The molecule has 5 nitrogen and oxygen atoms in total. The van der Waals surface area contributed by atoms with Gasteiger partial charge in [0.2, 0.25) is 0 Å². The number of rotatable bonds is 6. The average Bonchev–Trinajstić information content (AvgIpc) is 3.34. The lowest BCUT2D eigenvalue weighted by Crippen LogP contribution is -2.30. The van der Waals surface area contributed by atoms with Crippen LogP contribution in [0.4, 0.5) is 5.69 Å². The van der Waals surface area contributed by atoms with Gasteiger partial charge in [-0.3, -0.25) is 9.59 Å². The molecule has 1 N–H and O–H groups in total. The highest BCUT2D eigenvalue weighted by molar-refractivity contribution is 7.13. The third kappa shape index (κ3) is 5.18. The molecule has 0 aliphatic heterocycles. The van der Waals surface area contributed by atoms with Gasteiger partial charge < -0.3 is 10.2 Å². The Balaban J connectivity index is 1.47. The Morgan fingerprint density at radius 3 is 2.42 bits per heavy atom. The smallest absolute Gasteiger partial charge is 0.273 e. The summed E-state index contributed by atoms with van der Waals surface area (Å²) in [5.41, 5.74) is 4.81. The Kier molecular flexibility index (Phi) is 6.66. The summed E-state index contributed by atoms with van der Waals surface area (Å²) < 4.78 is 0. The lowest BCUT2D eigenvalue weighted by atomic mass is 10.1. The number of carbonyl (C=O) groups excluding carboxylic acids is 2. The van der Waals surface area contributed by atoms with Crippen LogP contribution in [0.25, 0.3) is 10.6 Å². The van der Waals surface area contributed by atoms with Gasteiger partial charge in [0.05, 0.1) is 6.04 Å². The number of carbonyl (C=O) groups is 2. The maximum Gasteiger partial charge on any atom is 0.273 e. The molecule has 1 atom stereocenters. The minimum absolute atomic E-state index is 0.143. The number of hydrogen-bond acceptors (Lipinski definition) is 4. The molecule has 0 fully saturated rings. The summed E-state index contributed by atoms with van der Waals surface area (Å²) >= 11 is 1.46. The molecule has 0 saturated heterocycles. The predicted octanol–water partition coefficient (Wildman–Crippen LogP) is 6.20. The van der Waals surface area contributed by atoms with Crippen LogP contribution in [-0.4, -0.2) is 28.7 Å². The van der Waals surface area contributed by atoms with E-state index in [1.54, 1.807) is 29.5 Å². The van der Waals surface area contributed by atoms with Crippen molar-refractivity contribution < 1.29 is 9.59 Å². The van der Waals surface area contributed by atoms with E-state index in [0.29, 0.717) is 16.9 Å². The number of amides is 2. The van der Waals surface area contributed by atoms with Crippen molar-refractivity contribution in [3.05, 3.63) is 107 Å². The van der Waals surface area contributed by atoms with Gasteiger partial charge in [0, 0.05) is 29.2 Å². The molecule has 0 bridgehead atoms. The van der Waals surface area contributed by atoms with Gasteiger partial charge in [0.15, 0.2) is 0 Å². The fourth-order valence-electron chi connectivity index (χ4n) is 3.45. The van der Waals surface area contributed by atoms with Crippen LogP contribution in [0.2, 0.25) is 0 Å². The van der Waals surface area contributed by atoms with Gasteiger partial charge in [-0.25, -0.2) is 4.98 Å². The van der Waals surface area contributed by atoms with E-state index in [9.17, 15) is 9.59 Å². The Hall–Kier alpha value is -3.77. The van der Waals surface area contributed by atoms with E-state index in [0.717, 1.165) is 16.1 Å². The first-order valence-corrected chi connectivity index (χ1v) is 11.6. The zero-order chi connectivity index (χ0) is 23.4. The fourth-order valence-corrected chi connectivity index (χ4v) is 4.25. The summed E-state index contributed by atoms with van der Waals surface area (Å²) in [6.45, 7) is 4.00. The number of nitrogens with one attached hydrogen (secondary N) is 1. The highest BCUT2D eigenvalue weighted by Gasteiger charge is 2.22. The van der Waals surface area contributed by atoms with Crippen LogP contribution in [0.1, 0.15) is 44.9 Å². The summed E-state index contributed by atoms with van der Waals surface area (Å²) in [6, 6.07) is 24.6. The second-order valence-corrected chi connectivity index (χ2v) is 8.80. The van der Waals surface area contributed by atoms with Crippen molar-refractivity contribution in [3.8, 4) is 10.6 Å². The molecule has 0 aliphatic rings. The van der Waals surface area contributed by atoms with Crippen molar-refractivity contribution in [1.82, 2.24) is 9.88 Å². The van der Waals surface area contributed by atoms with Crippen LogP contribution >= 0.6 is 11.3 Å². The second kappa shape index (κ2) is 9.79. The van der Waals surface area contributed by atoms with Gasteiger partial charge in [-0.1, -0.05) is 60.2 Å². The number of benzene rings is 3. The largest absolute Gasteiger partial charge is 0.334 e. The summed E-state index contributed by atoms with van der Waals surface area (Å²) in [6.07, 6.45) is 0. The summed E-state index contributed by atoms with van der Waals surface area (Å²) in [5.74, 6) is -0.313. The second-order valence-electron chi connectivity index (χ2n) is 7.94. The molecular weight excluding hydrogens is 430 g/mol. The Bertz CT molecular complexity index is 1270. The average molecular weight is 456 g/mol. The van der Waals surface area contributed by atoms with Crippen LogP contribution in [-0.2, 0) is 0 Å². The lowest BCUT2D eigenvalue weighted by molar-refractivity contribution is 0.0737. The number of thiazole rings is 1. The molecule has 4 aromatic rings. The molecule has 33 heavy (non-hydrogen) atoms. The molecule has 1 aromatic heterocycles. The van der Waals surface area contributed by atoms with Gasteiger partial charge in [-0.05, 0) is 43.7 Å². The van der Waals surface area contributed by atoms with Gasteiger partial charge >= 0.3 is 0 Å². The molecule has 3 aromatic carbocycles.